The second kappa shape index (κ2) is 6.97. The maximum atomic E-state index is 12.5. The van der Waals surface area contributed by atoms with E-state index in [4.69, 9.17) is 0 Å². The van der Waals surface area contributed by atoms with Crippen LogP contribution in [0.1, 0.15) is 24.3 Å². The van der Waals surface area contributed by atoms with Crippen molar-refractivity contribution in [3.63, 3.8) is 0 Å². The minimum atomic E-state index is -4.70. The Morgan fingerprint density at radius 3 is 2.35 bits per heavy atom. The van der Waals surface area contributed by atoms with E-state index in [1.54, 1.807) is 12.1 Å². The van der Waals surface area contributed by atoms with Gasteiger partial charge in [-0.15, -0.1) is 0 Å². The third kappa shape index (κ3) is 3.89. The van der Waals surface area contributed by atoms with Crippen molar-refractivity contribution in [3.8, 4) is 11.4 Å². The maximum Gasteiger partial charge on any atom is 0.471 e. The molecular formula is C15H17F3N4O3S. The summed E-state index contributed by atoms with van der Waals surface area (Å²) < 4.78 is 69.3. The molecule has 11 heteroatoms. The van der Waals surface area contributed by atoms with Gasteiger partial charge in [-0.1, -0.05) is 29.4 Å². The van der Waals surface area contributed by atoms with Gasteiger partial charge in [0.25, 0.3) is 10.2 Å². The molecule has 0 spiro atoms. The smallest absolute Gasteiger partial charge is 0.329 e. The number of alkyl halides is 3. The first-order valence-corrected chi connectivity index (χ1v) is 9.29. The molecule has 142 valence electrons. The van der Waals surface area contributed by atoms with E-state index in [9.17, 15) is 21.6 Å². The van der Waals surface area contributed by atoms with Gasteiger partial charge >= 0.3 is 12.1 Å². The zero-order valence-electron chi connectivity index (χ0n) is 13.9. The summed E-state index contributed by atoms with van der Waals surface area (Å²) in [4.78, 5) is 3.32. The summed E-state index contributed by atoms with van der Waals surface area (Å²) in [6.45, 7) is 1.19. The van der Waals surface area contributed by atoms with E-state index in [-0.39, 0.29) is 12.4 Å². The van der Waals surface area contributed by atoms with E-state index in [0.29, 0.717) is 24.2 Å². The lowest BCUT2D eigenvalue weighted by molar-refractivity contribution is -0.159. The highest BCUT2D eigenvalue weighted by atomic mass is 32.2. The summed E-state index contributed by atoms with van der Waals surface area (Å²) in [7, 11) is -2.01. The van der Waals surface area contributed by atoms with Gasteiger partial charge in [-0.05, 0) is 18.4 Å². The molecule has 1 aromatic carbocycles. The first-order valence-electron chi connectivity index (χ1n) is 7.89. The third-order valence-electron chi connectivity index (χ3n) is 4.07. The van der Waals surface area contributed by atoms with Crippen molar-refractivity contribution in [1.29, 1.82) is 0 Å². The van der Waals surface area contributed by atoms with Crippen LogP contribution in [0.3, 0.4) is 0 Å². The predicted molar refractivity (Wildman–Crippen MR) is 85.9 cm³/mol. The molecule has 1 aliphatic rings. The van der Waals surface area contributed by atoms with Crippen molar-refractivity contribution in [1.82, 2.24) is 18.8 Å². The van der Waals surface area contributed by atoms with Crippen LogP contribution in [-0.4, -0.2) is 47.3 Å². The van der Waals surface area contributed by atoms with E-state index in [1.165, 1.54) is 27.8 Å². The Bertz CT molecular complexity index is 859. The van der Waals surface area contributed by atoms with Gasteiger partial charge in [-0.2, -0.15) is 35.2 Å². The molecule has 2 aromatic rings. The Hall–Kier alpha value is -1.98. The minimum absolute atomic E-state index is 0.152. The lowest BCUT2D eigenvalue weighted by Gasteiger charge is -2.23. The number of aromatic nitrogens is 2. The van der Waals surface area contributed by atoms with Gasteiger partial charge in [0.1, 0.15) is 0 Å². The van der Waals surface area contributed by atoms with E-state index in [0.717, 1.165) is 12.8 Å². The topological polar surface area (TPSA) is 79.5 Å². The molecule has 0 radical (unpaired) electrons. The molecule has 1 fully saturated rings. The van der Waals surface area contributed by atoms with Crippen LogP contribution in [0.2, 0.25) is 0 Å². The number of nitrogens with zero attached hydrogens (tertiary/aromatic N) is 4. The Morgan fingerprint density at radius 1 is 1.19 bits per heavy atom. The summed E-state index contributed by atoms with van der Waals surface area (Å²) >= 11 is 0. The van der Waals surface area contributed by atoms with Gasteiger partial charge in [0.05, 0.1) is 0 Å². The largest absolute Gasteiger partial charge is 0.471 e. The van der Waals surface area contributed by atoms with Crippen molar-refractivity contribution in [2.24, 2.45) is 0 Å². The van der Waals surface area contributed by atoms with E-state index in [2.05, 4.69) is 14.7 Å². The standard InChI is InChI=1S/C15H17F3N4O3S/c1-21(26(23,24)22-8-2-3-9-22)10-11-4-6-12(7-5-11)13-19-14(25-20-13)15(16,17)18/h4-7H,2-3,8-10H2,1H3. The average Bonchev–Trinajstić information content (AvgIpc) is 3.27. The number of hydrogen-bond acceptors (Lipinski definition) is 5. The van der Waals surface area contributed by atoms with Crippen LogP contribution in [-0.2, 0) is 22.9 Å². The Labute approximate surface area is 148 Å². The quantitative estimate of drug-likeness (QED) is 0.784. The zero-order valence-corrected chi connectivity index (χ0v) is 14.7. The molecule has 0 amide bonds. The summed E-state index contributed by atoms with van der Waals surface area (Å²) in [6, 6.07) is 6.29. The molecule has 0 unspecified atom stereocenters. The number of hydrogen-bond donors (Lipinski definition) is 0. The van der Waals surface area contributed by atoms with Crippen LogP contribution >= 0.6 is 0 Å². The number of benzene rings is 1. The van der Waals surface area contributed by atoms with Crippen molar-refractivity contribution < 1.29 is 26.1 Å². The first kappa shape index (κ1) is 18.8. The molecule has 1 aliphatic heterocycles. The fraction of sp³-hybridized carbons (Fsp3) is 0.467. The third-order valence-corrected chi connectivity index (χ3v) is 6.01. The molecule has 1 aromatic heterocycles. The Morgan fingerprint density at radius 2 is 1.81 bits per heavy atom. The van der Waals surface area contributed by atoms with Crippen LogP contribution in [0.25, 0.3) is 11.4 Å². The van der Waals surface area contributed by atoms with Crippen molar-refractivity contribution in [2.45, 2.75) is 25.6 Å². The number of halogens is 3. The van der Waals surface area contributed by atoms with Crippen molar-refractivity contribution in [3.05, 3.63) is 35.7 Å². The summed E-state index contributed by atoms with van der Waals surface area (Å²) in [6.07, 6.45) is -2.99. The normalized spacial score (nSPS) is 16.5. The van der Waals surface area contributed by atoms with Crippen LogP contribution in [0, 0.1) is 0 Å². The highest BCUT2D eigenvalue weighted by molar-refractivity contribution is 7.86. The van der Waals surface area contributed by atoms with Crippen LogP contribution in [0.5, 0.6) is 0 Å². The molecule has 0 aliphatic carbocycles. The van der Waals surface area contributed by atoms with Gasteiger partial charge < -0.3 is 4.52 Å². The lowest BCUT2D eigenvalue weighted by Crippen LogP contribution is -2.39. The zero-order chi connectivity index (χ0) is 18.9. The highest BCUT2D eigenvalue weighted by Gasteiger charge is 2.38. The lowest BCUT2D eigenvalue weighted by atomic mass is 10.1. The first-order chi connectivity index (χ1) is 12.2. The molecule has 7 nitrogen and oxygen atoms in total. The van der Waals surface area contributed by atoms with E-state index in [1.807, 2.05) is 0 Å². The fourth-order valence-corrected chi connectivity index (χ4v) is 4.10. The maximum absolute atomic E-state index is 12.5. The van der Waals surface area contributed by atoms with Gasteiger partial charge in [-0.25, -0.2) is 0 Å². The summed E-state index contributed by atoms with van der Waals surface area (Å²) in [5, 5.41) is 3.32. The number of rotatable bonds is 5. The van der Waals surface area contributed by atoms with E-state index < -0.39 is 22.3 Å². The predicted octanol–water partition coefficient (Wildman–Crippen LogP) is 2.53. The van der Waals surface area contributed by atoms with Crippen LogP contribution < -0.4 is 0 Å². The van der Waals surface area contributed by atoms with Crippen LogP contribution in [0.15, 0.2) is 28.8 Å². The highest BCUT2D eigenvalue weighted by Crippen LogP contribution is 2.29. The molecule has 0 atom stereocenters. The summed E-state index contributed by atoms with van der Waals surface area (Å²) in [5.41, 5.74) is 1.04. The molecule has 0 N–H and O–H groups in total. The molecule has 0 saturated carbocycles. The molecule has 0 bridgehead atoms. The molecular weight excluding hydrogens is 373 g/mol. The second-order valence-electron chi connectivity index (χ2n) is 5.99. The monoisotopic (exact) mass is 390 g/mol. The van der Waals surface area contributed by atoms with Gasteiger partial charge in [-0.3, -0.25) is 0 Å². The second-order valence-corrected chi connectivity index (χ2v) is 8.02. The van der Waals surface area contributed by atoms with E-state index >= 15 is 0 Å². The average molecular weight is 390 g/mol. The molecule has 1 saturated heterocycles. The fourth-order valence-electron chi connectivity index (χ4n) is 2.67. The summed E-state index contributed by atoms with van der Waals surface area (Å²) in [5.74, 6) is -1.59. The SMILES string of the molecule is CN(Cc1ccc(-c2noc(C(F)(F)F)n2)cc1)S(=O)(=O)N1CCCC1. The Kier molecular flexibility index (Phi) is 5.04. The minimum Gasteiger partial charge on any atom is -0.329 e. The van der Waals surface area contributed by atoms with Gasteiger partial charge in [0.15, 0.2) is 0 Å². The van der Waals surface area contributed by atoms with Gasteiger partial charge in [0.2, 0.25) is 5.82 Å². The van der Waals surface area contributed by atoms with Crippen molar-refractivity contribution in [2.75, 3.05) is 20.1 Å². The molecule has 3 rings (SSSR count). The van der Waals surface area contributed by atoms with Gasteiger partial charge in [0, 0.05) is 32.2 Å². The molecule has 2 heterocycles. The van der Waals surface area contributed by atoms with Crippen LogP contribution in [0.4, 0.5) is 13.2 Å². The molecule has 26 heavy (non-hydrogen) atoms. The Balaban J connectivity index is 1.70. The van der Waals surface area contributed by atoms with Crippen molar-refractivity contribution >= 4 is 10.2 Å².